The third-order valence-corrected chi connectivity index (χ3v) is 8.63. The lowest BCUT2D eigenvalue weighted by Crippen LogP contribution is -2.66. The molecule has 214 valence electrons. The largest absolute Gasteiger partial charge is 0.488 e. The van der Waals surface area contributed by atoms with Crippen LogP contribution in [0.25, 0.3) is 11.3 Å². The van der Waals surface area contributed by atoms with Crippen LogP contribution in [0.4, 0.5) is 4.79 Å². The summed E-state index contributed by atoms with van der Waals surface area (Å²) in [7, 11) is 2.05. The first-order valence-electron chi connectivity index (χ1n) is 14.5. The molecule has 1 unspecified atom stereocenters. The van der Waals surface area contributed by atoms with Gasteiger partial charge in [-0.15, -0.1) is 0 Å². The number of hydrogen-bond donors (Lipinski definition) is 1. The number of nitrogens with zero attached hydrogens (tertiary/aromatic N) is 4. The molecule has 2 amide bonds. The molecule has 2 saturated heterocycles. The van der Waals surface area contributed by atoms with E-state index in [1.165, 1.54) is 0 Å². The second-order valence-electron chi connectivity index (χ2n) is 12.0. The van der Waals surface area contributed by atoms with Gasteiger partial charge in [0.25, 0.3) is 5.91 Å². The van der Waals surface area contributed by atoms with Gasteiger partial charge in [0.05, 0.1) is 17.9 Å². The quantitative estimate of drug-likeness (QED) is 0.504. The predicted molar refractivity (Wildman–Crippen MR) is 148 cm³/mol. The first kappa shape index (κ1) is 26.8. The van der Waals surface area contributed by atoms with Gasteiger partial charge in [0, 0.05) is 37.3 Å². The van der Waals surface area contributed by atoms with Crippen LogP contribution in [-0.2, 0) is 4.74 Å². The Labute approximate surface area is 235 Å². The van der Waals surface area contributed by atoms with E-state index in [9.17, 15) is 9.59 Å². The molecular weight excluding hydrogens is 510 g/mol. The summed E-state index contributed by atoms with van der Waals surface area (Å²) in [5, 5.41) is 3.15. The summed E-state index contributed by atoms with van der Waals surface area (Å²) in [5.74, 6) is 1.25. The normalized spacial score (nSPS) is 22.8. The number of nitrogens with one attached hydrogen (secondary N) is 1. The Kier molecular flexibility index (Phi) is 7.29. The molecule has 1 N–H and O–H groups in total. The van der Waals surface area contributed by atoms with E-state index in [-0.39, 0.29) is 41.4 Å². The SMILES string of the molecule is CCOc1ncccc1-c1ccc(OC2CC3(C2)CN(C(=O)OC(C)C2CC2)C3)c(C(=O)N[C@@H]2CCN(C)C2)n1. The van der Waals surface area contributed by atoms with Gasteiger partial charge in [-0.05, 0) is 89.7 Å². The van der Waals surface area contributed by atoms with Gasteiger partial charge in [-0.1, -0.05) is 0 Å². The molecule has 10 nitrogen and oxygen atoms in total. The van der Waals surface area contributed by atoms with Gasteiger partial charge in [0.2, 0.25) is 5.88 Å². The monoisotopic (exact) mass is 549 g/mol. The molecule has 6 rings (SSSR count). The first-order chi connectivity index (χ1) is 19.3. The van der Waals surface area contributed by atoms with Crippen LogP contribution in [-0.4, -0.2) is 89.9 Å². The predicted octanol–water partition coefficient (Wildman–Crippen LogP) is 3.75. The summed E-state index contributed by atoms with van der Waals surface area (Å²) in [6, 6.07) is 7.48. The highest BCUT2D eigenvalue weighted by Gasteiger charge is 2.55. The molecule has 1 spiro atoms. The van der Waals surface area contributed by atoms with Gasteiger partial charge in [-0.3, -0.25) is 4.79 Å². The number of likely N-dealkylation sites (tertiary alicyclic amines) is 2. The maximum Gasteiger partial charge on any atom is 0.410 e. The van der Waals surface area contributed by atoms with Gasteiger partial charge < -0.3 is 29.3 Å². The Hall–Kier alpha value is -3.40. The highest BCUT2D eigenvalue weighted by molar-refractivity contribution is 5.96. The van der Waals surface area contributed by atoms with Crippen LogP contribution in [0.1, 0.15) is 56.4 Å². The van der Waals surface area contributed by atoms with Gasteiger partial charge in [-0.2, -0.15) is 0 Å². The van der Waals surface area contributed by atoms with Crippen molar-refractivity contribution in [2.75, 3.05) is 39.8 Å². The number of likely N-dealkylation sites (N-methyl/N-ethyl adjacent to an activating group) is 1. The van der Waals surface area contributed by atoms with Crippen molar-refractivity contribution in [3.63, 3.8) is 0 Å². The first-order valence-corrected chi connectivity index (χ1v) is 14.5. The summed E-state index contributed by atoms with van der Waals surface area (Å²) in [4.78, 5) is 39.1. The second-order valence-corrected chi connectivity index (χ2v) is 12.0. The number of ether oxygens (including phenoxy) is 3. The Morgan fingerprint density at radius 2 is 1.98 bits per heavy atom. The minimum absolute atomic E-state index is 0.00229. The molecule has 2 aliphatic carbocycles. The van der Waals surface area contributed by atoms with Crippen LogP contribution >= 0.6 is 0 Å². The maximum absolute atomic E-state index is 13.5. The minimum atomic E-state index is -0.240. The molecule has 2 saturated carbocycles. The van der Waals surface area contributed by atoms with E-state index in [4.69, 9.17) is 19.2 Å². The molecule has 0 bridgehead atoms. The molecule has 40 heavy (non-hydrogen) atoms. The second kappa shape index (κ2) is 10.9. The lowest BCUT2D eigenvalue weighted by atomic mass is 9.62. The third-order valence-electron chi connectivity index (χ3n) is 8.63. The van der Waals surface area contributed by atoms with E-state index >= 15 is 0 Å². The smallest absolute Gasteiger partial charge is 0.410 e. The molecule has 4 fully saturated rings. The standard InChI is InChI=1S/C30H39N5O5/c1-4-38-28-23(6-5-12-31-28)24-9-10-25(26(33-24)27(36)32-21-11-13-34(3)16-21)40-22-14-30(15-22)17-35(18-30)29(37)39-19(2)20-7-8-20/h5-6,9-10,12,19-22H,4,7-8,11,13-18H2,1-3H3,(H,32,36)/t19?,21-/m1/s1. The molecule has 4 aliphatic rings. The molecular formula is C30H39N5O5. The molecule has 10 heteroatoms. The van der Waals surface area contributed by atoms with E-state index in [2.05, 4.69) is 22.2 Å². The zero-order chi connectivity index (χ0) is 27.9. The fourth-order valence-electron chi connectivity index (χ4n) is 6.21. The van der Waals surface area contributed by atoms with E-state index in [0.717, 1.165) is 50.8 Å². The topological polar surface area (TPSA) is 106 Å². The zero-order valence-corrected chi connectivity index (χ0v) is 23.6. The molecule has 0 radical (unpaired) electrons. The van der Waals surface area contributed by atoms with Crippen molar-refractivity contribution in [3.8, 4) is 22.9 Å². The fraction of sp³-hybridized carbons (Fsp3) is 0.600. The summed E-state index contributed by atoms with van der Waals surface area (Å²) < 4.78 is 17.7. The Bertz CT molecular complexity index is 1250. The van der Waals surface area contributed by atoms with Gasteiger partial charge in [0.15, 0.2) is 11.4 Å². The number of hydrogen-bond acceptors (Lipinski definition) is 8. The molecule has 2 aromatic heterocycles. The van der Waals surface area contributed by atoms with Crippen molar-refractivity contribution in [3.05, 3.63) is 36.2 Å². The number of amides is 2. The average molecular weight is 550 g/mol. The van der Waals surface area contributed by atoms with E-state index < -0.39 is 0 Å². The van der Waals surface area contributed by atoms with Crippen LogP contribution in [0.5, 0.6) is 11.6 Å². The third kappa shape index (κ3) is 5.59. The maximum atomic E-state index is 13.5. The summed E-state index contributed by atoms with van der Waals surface area (Å²) >= 11 is 0. The van der Waals surface area contributed by atoms with Crippen LogP contribution in [0.15, 0.2) is 30.5 Å². The van der Waals surface area contributed by atoms with Gasteiger partial charge in [-0.25, -0.2) is 14.8 Å². The van der Waals surface area contributed by atoms with Crippen molar-refractivity contribution in [1.29, 1.82) is 0 Å². The lowest BCUT2D eigenvalue weighted by molar-refractivity contribution is -0.113. The highest BCUT2D eigenvalue weighted by atomic mass is 16.6. The summed E-state index contributed by atoms with van der Waals surface area (Å²) in [5.41, 5.74) is 1.69. The molecule has 2 atom stereocenters. The number of carbonyl (C=O) groups excluding carboxylic acids is 2. The van der Waals surface area contributed by atoms with Crippen molar-refractivity contribution in [2.24, 2.45) is 11.3 Å². The zero-order valence-electron chi connectivity index (χ0n) is 23.6. The van der Waals surface area contributed by atoms with Crippen molar-refractivity contribution >= 4 is 12.0 Å². The van der Waals surface area contributed by atoms with Crippen molar-refractivity contribution in [2.45, 2.75) is 64.2 Å². The van der Waals surface area contributed by atoms with E-state index in [1.54, 1.807) is 11.1 Å². The van der Waals surface area contributed by atoms with Crippen LogP contribution in [0.2, 0.25) is 0 Å². The Morgan fingerprint density at radius 3 is 2.67 bits per heavy atom. The number of rotatable bonds is 9. The van der Waals surface area contributed by atoms with Crippen molar-refractivity contribution < 1.29 is 23.8 Å². The lowest BCUT2D eigenvalue weighted by Gasteiger charge is -2.57. The van der Waals surface area contributed by atoms with E-state index in [1.807, 2.05) is 38.1 Å². The summed E-state index contributed by atoms with van der Waals surface area (Å²) in [6.07, 6.45) is 6.33. The number of aromatic nitrogens is 2. The Balaban J connectivity index is 1.13. The van der Waals surface area contributed by atoms with Crippen molar-refractivity contribution in [1.82, 2.24) is 25.1 Å². The number of carbonyl (C=O) groups is 2. The fourth-order valence-corrected chi connectivity index (χ4v) is 6.21. The molecule has 4 heterocycles. The van der Waals surface area contributed by atoms with Crippen LogP contribution in [0.3, 0.4) is 0 Å². The highest BCUT2D eigenvalue weighted by Crippen LogP contribution is 2.50. The number of pyridine rings is 2. The van der Waals surface area contributed by atoms with Crippen LogP contribution < -0.4 is 14.8 Å². The van der Waals surface area contributed by atoms with Gasteiger partial charge >= 0.3 is 6.09 Å². The van der Waals surface area contributed by atoms with Gasteiger partial charge in [0.1, 0.15) is 12.2 Å². The Morgan fingerprint density at radius 1 is 1.18 bits per heavy atom. The minimum Gasteiger partial charge on any atom is -0.488 e. The van der Waals surface area contributed by atoms with Crippen LogP contribution in [0, 0.1) is 11.3 Å². The summed E-state index contributed by atoms with van der Waals surface area (Å²) in [6.45, 7) is 7.53. The molecule has 0 aromatic carbocycles. The molecule has 2 aromatic rings. The molecule has 2 aliphatic heterocycles. The average Bonchev–Trinajstić information content (AvgIpc) is 3.67. The van der Waals surface area contributed by atoms with E-state index in [0.29, 0.717) is 42.9 Å².